The number of carbonyl (C=O) groups excluding carboxylic acids is 3. The number of rotatable bonds is 15. The van der Waals surface area contributed by atoms with E-state index in [2.05, 4.69) is 35.7 Å². The Morgan fingerprint density at radius 3 is 1.19 bits per heavy atom. The highest BCUT2D eigenvalue weighted by molar-refractivity contribution is 5.94. The van der Waals surface area contributed by atoms with Gasteiger partial charge in [-0.1, -0.05) is 59.3 Å². The molecule has 0 aliphatic carbocycles. The molecule has 6 rings (SSSR count). The van der Waals surface area contributed by atoms with Gasteiger partial charge in [0.1, 0.15) is 17.1 Å². The Hall–Kier alpha value is -5.13. The van der Waals surface area contributed by atoms with E-state index in [1.54, 1.807) is 55.2 Å². The van der Waals surface area contributed by atoms with Crippen LogP contribution < -0.4 is 0 Å². The van der Waals surface area contributed by atoms with Crippen LogP contribution in [0.25, 0.3) is 33.3 Å². The van der Waals surface area contributed by atoms with Crippen LogP contribution in [0.15, 0.2) is 68.4 Å². The normalized spacial score (nSPS) is 10.8. The number of esters is 3. The molecule has 0 spiro atoms. The number of ether oxygens (including phenoxy) is 3. The molecule has 0 unspecified atom stereocenters. The molecular formula is C36H45N3O9. The van der Waals surface area contributed by atoms with E-state index in [0.717, 1.165) is 61.5 Å². The van der Waals surface area contributed by atoms with Gasteiger partial charge < -0.3 is 42.4 Å². The minimum absolute atomic E-state index is 0.312. The van der Waals surface area contributed by atoms with Crippen LogP contribution in [0.2, 0.25) is 0 Å². The van der Waals surface area contributed by atoms with Gasteiger partial charge >= 0.3 is 17.9 Å². The third-order valence-electron chi connectivity index (χ3n) is 7.32. The molecule has 48 heavy (non-hydrogen) atoms. The zero-order chi connectivity index (χ0) is 34.1. The Balaban J connectivity index is 0.000000163. The van der Waals surface area contributed by atoms with E-state index in [-0.39, 0.29) is 17.9 Å². The monoisotopic (exact) mass is 663 g/mol. The van der Waals surface area contributed by atoms with Crippen molar-refractivity contribution < 1.29 is 41.8 Å². The van der Waals surface area contributed by atoms with Crippen molar-refractivity contribution in [2.24, 2.45) is 0 Å². The Kier molecular flexibility index (Phi) is 14.0. The summed E-state index contributed by atoms with van der Waals surface area (Å²) in [6.45, 7) is 7.75. The molecule has 3 N–H and O–H groups in total. The SMILES string of the molecule is CCCCCCOC(=O)c1cc2occc2[nH]1.CCCCCOC(=O)c1cc2occc2[nH]1.CCCCOC(=O)c1cc2occc2[nH]1. The molecule has 0 saturated heterocycles. The van der Waals surface area contributed by atoms with Crippen molar-refractivity contribution in [2.45, 2.75) is 78.6 Å². The second-order valence-corrected chi connectivity index (χ2v) is 11.2. The lowest BCUT2D eigenvalue weighted by atomic mass is 10.2. The van der Waals surface area contributed by atoms with E-state index in [1.807, 2.05) is 0 Å². The van der Waals surface area contributed by atoms with E-state index in [0.29, 0.717) is 53.7 Å². The predicted molar refractivity (Wildman–Crippen MR) is 181 cm³/mol. The number of hydrogen-bond acceptors (Lipinski definition) is 9. The zero-order valence-electron chi connectivity index (χ0n) is 27.9. The molecule has 6 aromatic rings. The van der Waals surface area contributed by atoms with Gasteiger partial charge in [-0.3, -0.25) is 0 Å². The predicted octanol–water partition coefficient (Wildman–Crippen LogP) is 9.32. The third-order valence-corrected chi connectivity index (χ3v) is 7.32. The number of unbranched alkanes of at least 4 members (excludes halogenated alkanes) is 6. The fraction of sp³-hybridized carbons (Fsp3) is 0.417. The van der Waals surface area contributed by atoms with Gasteiger partial charge in [-0.25, -0.2) is 14.4 Å². The van der Waals surface area contributed by atoms with Crippen molar-refractivity contribution in [1.29, 1.82) is 0 Å². The molecule has 0 aromatic carbocycles. The molecular weight excluding hydrogens is 618 g/mol. The molecule has 0 amide bonds. The minimum Gasteiger partial charge on any atom is -0.463 e. The highest BCUT2D eigenvalue weighted by Gasteiger charge is 2.14. The Morgan fingerprint density at radius 1 is 0.500 bits per heavy atom. The number of H-pyrrole nitrogens is 3. The first-order valence-corrected chi connectivity index (χ1v) is 16.6. The lowest BCUT2D eigenvalue weighted by molar-refractivity contribution is 0.0483. The van der Waals surface area contributed by atoms with E-state index in [9.17, 15) is 14.4 Å². The summed E-state index contributed by atoms with van der Waals surface area (Å²) in [6, 6.07) is 10.3. The Bertz CT molecular complexity index is 1740. The van der Waals surface area contributed by atoms with Crippen LogP contribution in [0.3, 0.4) is 0 Å². The fourth-order valence-corrected chi connectivity index (χ4v) is 4.63. The maximum Gasteiger partial charge on any atom is 0.354 e. The molecule has 6 aromatic heterocycles. The van der Waals surface area contributed by atoms with Crippen molar-refractivity contribution in [3.8, 4) is 0 Å². The molecule has 12 heteroatoms. The van der Waals surface area contributed by atoms with Gasteiger partial charge in [0.15, 0.2) is 16.7 Å². The zero-order valence-corrected chi connectivity index (χ0v) is 27.9. The highest BCUT2D eigenvalue weighted by atomic mass is 16.5. The maximum absolute atomic E-state index is 11.6. The van der Waals surface area contributed by atoms with Gasteiger partial charge in [-0.2, -0.15) is 0 Å². The second-order valence-electron chi connectivity index (χ2n) is 11.2. The molecule has 0 radical (unpaired) electrons. The van der Waals surface area contributed by atoms with Crippen LogP contribution in [0, 0.1) is 0 Å². The van der Waals surface area contributed by atoms with Crippen LogP contribution in [-0.2, 0) is 14.2 Å². The summed E-state index contributed by atoms with van der Waals surface area (Å²) in [7, 11) is 0. The first-order valence-electron chi connectivity index (χ1n) is 16.6. The topological polar surface area (TPSA) is 166 Å². The maximum atomic E-state index is 11.6. The van der Waals surface area contributed by atoms with Crippen LogP contribution >= 0.6 is 0 Å². The highest BCUT2D eigenvalue weighted by Crippen LogP contribution is 2.18. The molecule has 0 bridgehead atoms. The molecule has 0 aliphatic heterocycles. The van der Waals surface area contributed by atoms with Gasteiger partial charge in [0, 0.05) is 36.4 Å². The fourth-order valence-electron chi connectivity index (χ4n) is 4.63. The standard InChI is InChI=1S/C13H17NO3.C12H15NO3.C11H13NO3/c1-2-3-4-5-7-17-13(15)11-9-12-10(14-11)6-8-16-12;1-2-3-4-6-16-12(14)10-8-11-9(13-10)5-7-15-11;1-2-3-5-15-11(13)9-7-10-8(12-9)4-6-14-10/h6,8-9,14H,2-5,7H2,1H3;5,7-8,13H,2-4,6H2,1H3;4,6-7,12H,2-3,5H2,1H3. The molecule has 0 saturated carbocycles. The summed E-state index contributed by atoms with van der Waals surface area (Å²) in [5, 5.41) is 0. The summed E-state index contributed by atoms with van der Waals surface area (Å²) in [5.41, 5.74) is 5.85. The van der Waals surface area contributed by atoms with Crippen LogP contribution in [0.1, 0.15) is 110 Å². The number of carbonyl (C=O) groups is 3. The van der Waals surface area contributed by atoms with Gasteiger partial charge in [0.05, 0.1) is 55.2 Å². The van der Waals surface area contributed by atoms with E-state index in [1.165, 1.54) is 12.8 Å². The quantitative estimate of drug-likeness (QED) is 0.0551. The summed E-state index contributed by atoms with van der Waals surface area (Å²) in [6.07, 6.45) is 14.2. The second kappa shape index (κ2) is 18.9. The molecule has 0 fully saturated rings. The van der Waals surface area contributed by atoms with Gasteiger partial charge in [0.25, 0.3) is 0 Å². The van der Waals surface area contributed by atoms with Gasteiger partial charge in [-0.15, -0.1) is 0 Å². The first-order chi connectivity index (χ1) is 23.4. The molecule has 258 valence electrons. The largest absolute Gasteiger partial charge is 0.463 e. The van der Waals surface area contributed by atoms with Crippen LogP contribution in [0.4, 0.5) is 0 Å². The van der Waals surface area contributed by atoms with E-state index >= 15 is 0 Å². The summed E-state index contributed by atoms with van der Waals surface area (Å²) in [4.78, 5) is 43.6. The first kappa shape index (κ1) is 35.7. The summed E-state index contributed by atoms with van der Waals surface area (Å²) in [5.74, 6) is -0.953. The number of hydrogen-bond donors (Lipinski definition) is 3. The van der Waals surface area contributed by atoms with Gasteiger partial charge in [0.2, 0.25) is 0 Å². The molecule has 6 heterocycles. The number of aromatic amines is 3. The Morgan fingerprint density at radius 2 is 0.833 bits per heavy atom. The minimum atomic E-state index is -0.324. The van der Waals surface area contributed by atoms with E-state index in [4.69, 9.17) is 27.5 Å². The molecule has 12 nitrogen and oxygen atoms in total. The van der Waals surface area contributed by atoms with Crippen LogP contribution in [-0.4, -0.2) is 52.7 Å². The number of aromatic nitrogens is 3. The number of nitrogens with one attached hydrogen (secondary N) is 3. The average molecular weight is 664 g/mol. The summed E-state index contributed by atoms with van der Waals surface area (Å²) < 4.78 is 30.8. The van der Waals surface area contributed by atoms with Crippen molar-refractivity contribution in [3.63, 3.8) is 0 Å². The Labute approximate surface area is 278 Å². The summed E-state index contributed by atoms with van der Waals surface area (Å²) >= 11 is 0. The van der Waals surface area contributed by atoms with Crippen LogP contribution in [0.5, 0.6) is 0 Å². The number of fused-ring (bicyclic) bond motifs is 3. The van der Waals surface area contributed by atoms with Crippen molar-refractivity contribution in [2.75, 3.05) is 19.8 Å². The lowest BCUT2D eigenvalue weighted by Gasteiger charge is -2.02. The average Bonchev–Trinajstić information content (AvgIpc) is 3.91. The smallest absolute Gasteiger partial charge is 0.354 e. The number of furan rings is 3. The third kappa shape index (κ3) is 10.4. The molecule has 0 atom stereocenters. The van der Waals surface area contributed by atoms with Crippen molar-refractivity contribution in [1.82, 2.24) is 15.0 Å². The van der Waals surface area contributed by atoms with E-state index < -0.39 is 0 Å². The van der Waals surface area contributed by atoms with Crippen molar-refractivity contribution in [3.05, 3.63) is 72.3 Å². The van der Waals surface area contributed by atoms with Crippen molar-refractivity contribution >= 4 is 51.2 Å². The molecule has 0 aliphatic rings. The van der Waals surface area contributed by atoms with Gasteiger partial charge in [-0.05, 0) is 19.3 Å². The lowest BCUT2D eigenvalue weighted by Crippen LogP contribution is -2.06.